The van der Waals surface area contributed by atoms with E-state index in [1.165, 1.54) is 77.9 Å². The van der Waals surface area contributed by atoms with Crippen molar-refractivity contribution in [3.05, 3.63) is 216 Å². The molecule has 0 unspecified atom stereocenters. The van der Waals surface area contributed by atoms with Crippen LogP contribution in [0.25, 0.3) is 0 Å². The van der Waals surface area contributed by atoms with E-state index in [1.54, 1.807) is 26.7 Å². The number of allylic oxidation sites excluding steroid dienone is 4. The number of hydrogen-bond donors (Lipinski definition) is 0. The van der Waals surface area contributed by atoms with E-state index in [2.05, 4.69) is 197 Å². The van der Waals surface area contributed by atoms with Crippen LogP contribution in [-0.2, 0) is 19.3 Å². The van der Waals surface area contributed by atoms with Gasteiger partial charge in [-0.25, -0.2) is 0 Å². The van der Waals surface area contributed by atoms with Crippen LogP contribution >= 0.6 is 0 Å². The van der Waals surface area contributed by atoms with Gasteiger partial charge in [0, 0.05) is 5.54 Å². The van der Waals surface area contributed by atoms with Gasteiger partial charge in [-0.1, -0.05) is 155 Å². The summed E-state index contributed by atoms with van der Waals surface area (Å²) in [7, 11) is -2.96. The Bertz CT molecular complexity index is 2170. The number of benzene rings is 6. The first-order valence-corrected chi connectivity index (χ1v) is 22.3. The van der Waals surface area contributed by atoms with E-state index < -0.39 is 8.07 Å². The molecule has 0 radical (unpaired) electrons. The predicted molar refractivity (Wildman–Crippen MR) is 241 cm³/mol. The molecule has 0 fully saturated rings. The molecule has 7 rings (SSSR count). The Balaban J connectivity index is 1.63. The Hall–Kier alpha value is -4.98. The monoisotopic (exact) mass is 734 g/mol. The fourth-order valence-corrected chi connectivity index (χ4v) is 16.7. The SMILES string of the molecule is CC1=C(C)C([Si](c2cc(Cc3ccccc3)c(C)cc2C)(c2cc(Cc3ccccc3)c(C)cc2C)c2cc(Cc3ccccc3)c(C)cc2C)C(C)=C1C. The quantitative estimate of drug-likeness (QED) is 0.0971. The van der Waals surface area contributed by atoms with Crippen molar-refractivity contribution in [2.45, 2.75) is 94.0 Å². The third-order valence-corrected chi connectivity index (χ3v) is 19.0. The Morgan fingerprint density at radius 3 is 0.891 bits per heavy atom. The van der Waals surface area contributed by atoms with Crippen molar-refractivity contribution in [3.63, 3.8) is 0 Å². The van der Waals surface area contributed by atoms with Crippen LogP contribution in [0.5, 0.6) is 0 Å². The van der Waals surface area contributed by atoms with Crippen LogP contribution in [0, 0.1) is 41.5 Å². The Morgan fingerprint density at radius 2 is 0.618 bits per heavy atom. The first-order valence-electron chi connectivity index (χ1n) is 20.2. The molecule has 0 saturated carbocycles. The van der Waals surface area contributed by atoms with Gasteiger partial charge in [-0.15, -0.1) is 0 Å². The van der Waals surface area contributed by atoms with Crippen molar-refractivity contribution < 1.29 is 0 Å². The van der Waals surface area contributed by atoms with E-state index in [1.807, 2.05) is 0 Å². The molecular weight excluding hydrogens is 677 g/mol. The summed E-state index contributed by atoms with van der Waals surface area (Å²) in [4.78, 5) is 0. The summed E-state index contributed by atoms with van der Waals surface area (Å²) in [6.07, 6.45) is 2.78. The lowest BCUT2D eigenvalue weighted by Gasteiger charge is -2.44. The van der Waals surface area contributed by atoms with Crippen molar-refractivity contribution >= 4 is 23.6 Å². The van der Waals surface area contributed by atoms with Crippen LogP contribution in [0.2, 0.25) is 5.54 Å². The summed E-state index contributed by atoms with van der Waals surface area (Å²) in [6, 6.07) is 48.8. The first kappa shape index (κ1) is 38.3. The van der Waals surface area contributed by atoms with Gasteiger partial charge in [0.1, 0.15) is 0 Å². The molecule has 55 heavy (non-hydrogen) atoms. The van der Waals surface area contributed by atoms with Gasteiger partial charge in [0.05, 0.1) is 0 Å². The lowest BCUT2D eigenvalue weighted by atomic mass is 9.98. The number of hydrogen-bond acceptors (Lipinski definition) is 0. The fourth-order valence-electron chi connectivity index (χ4n) is 9.89. The molecule has 0 heterocycles. The Morgan fingerprint density at radius 1 is 0.345 bits per heavy atom. The van der Waals surface area contributed by atoms with Gasteiger partial charge >= 0.3 is 0 Å². The second-order valence-corrected chi connectivity index (χ2v) is 20.4. The van der Waals surface area contributed by atoms with Crippen molar-refractivity contribution in [1.82, 2.24) is 0 Å². The third kappa shape index (κ3) is 7.16. The fraction of sp³-hybridized carbons (Fsp3) is 0.259. The zero-order valence-corrected chi connectivity index (χ0v) is 35.8. The summed E-state index contributed by atoms with van der Waals surface area (Å²) in [5.74, 6) is 0. The molecule has 0 spiro atoms. The molecule has 0 amide bonds. The van der Waals surface area contributed by atoms with Gasteiger partial charge in [0.25, 0.3) is 0 Å². The van der Waals surface area contributed by atoms with Crippen LogP contribution in [0.1, 0.15) is 94.5 Å². The van der Waals surface area contributed by atoms with E-state index in [0.717, 1.165) is 19.3 Å². The Labute approximate surface area is 332 Å². The van der Waals surface area contributed by atoms with Crippen LogP contribution in [0.15, 0.2) is 150 Å². The minimum atomic E-state index is -2.96. The smallest absolute Gasteiger partial charge is 0.0647 e. The van der Waals surface area contributed by atoms with E-state index in [4.69, 9.17) is 0 Å². The second-order valence-electron chi connectivity index (χ2n) is 16.6. The maximum atomic E-state index is 2.68. The van der Waals surface area contributed by atoms with E-state index in [-0.39, 0.29) is 5.54 Å². The summed E-state index contributed by atoms with van der Waals surface area (Å²) in [5.41, 5.74) is 23.1. The standard InChI is InChI=1S/C54H58Si/c1-35-26-38(4)51(32-48(35)29-45-20-14-11-15-21-45)55(54-43(9)41(7)42(8)44(54)10,52-33-49(36(2)27-39(52)5)30-46-22-16-12-17-23-46)53-34-50(37(3)28-40(53)6)31-47-24-18-13-19-25-47/h11-28,32-34,54H,29-31H2,1-10H3. The zero-order chi connectivity index (χ0) is 39.0. The second kappa shape index (κ2) is 15.6. The van der Waals surface area contributed by atoms with Crippen LogP contribution < -0.4 is 15.6 Å². The van der Waals surface area contributed by atoms with Crippen molar-refractivity contribution in [2.75, 3.05) is 0 Å². The van der Waals surface area contributed by atoms with E-state index in [0.29, 0.717) is 0 Å². The molecule has 0 aromatic heterocycles. The summed E-state index contributed by atoms with van der Waals surface area (Å²) in [5, 5.41) is 4.68. The van der Waals surface area contributed by atoms with Crippen molar-refractivity contribution in [1.29, 1.82) is 0 Å². The van der Waals surface area contributed by atoms with Crippen LogP contribution in [-0.4, -0.2) is 8.07 Å². The molecule has 0 N–H and O–H groups in total. The molecular formula is C54H58Si. The zero-order valence-electron chi connectivity index (χ0n) is 34.8. The third-order valence-electron chi connectivity index (χ3n) is 13.1. The average molecular weight is 735 g/mol. The van der Waals surface area contributed by atoms with E-state index >= 15 is 0 Å². The molecule has 0 nitrogen and oxygen atoms in total. The highest BCUT2D eigenvalue weighted by Crippen LogP contribution is 2.47. The molecule has 278 valence electrons. The Kier molecular flexibility index (Phi) is 10.9. The molecule has 0 aliphatic heterocycles. The summed E-state index contributed by atoms with van der Waals surface area (Å²) >= 11 is 0. The highest BCUT2D eigenvalue weighted by molar-refractivity contribution is 7.13. The highest BCUT2D eigenvalue weighted by atomic mass is 28.3. The molecule has 1 aliphatic rings. The number of rotatable bonds is 10. The van der Waals surface area contributed by atoms with Crippen LogP contribution in [0.4, 0.5) is 0 Å². The lowest BCUT2D eigenvalue weighted by Crippen LogP contribution is -2.72. The molecule has 6 aromatic rings. The molecule has 0 atom stereocenters. The maximum Gasteiger partial charge on any atom is 0.160 e. The predicted octanol–water partition coefficient (Wildman–Crippen LogP) is 11.8. The van der Waals surface area contributed by atoms with Crippen molar-refractivity contribution in [3.8, 4) is 0 Å². The number of aryl methyl sites for hydroxylation is 6. The normalized spacial score (nSPS) is 13.6. The first-order chi connectivity index (χ1) is 26.4. The average Bonchev–Trinajstić information content (AvgIpc) is 3.36. The van der Waals surface area contributed by atoms with Gasteiger partial charge in [0.2, 0.25) is 0 Å². The molecule has 6 aromatic carbocycles. The maximum absolute atomic E-state index is 2.96. The molecule has 0 saturated heterocycles. The van der Waals surface area contributed by atoms with Crippen LogP contribution in [0.3, 0.4) is 0 Å². The van der Waals surface area contributed by atoms with Gasteiger partial charge in [-0.05, 0) is 165 Å². The molecule has 1 aliphatic carbocycles. The molecule has 1 heteroatoms. The van der Waals surface area contributed by atoms with Crippen molar-refractivity contribution in [2.24, 2.45) is 0 Å². The minimum absolute atomic E-state index is 0.287. The lowest BCUT2D eigenvalue weighted by molar-refractivity contribution is 1.08. The van der Waals surface area contributed by atoms with Gasteiger partial charge in [-0.3, -0.25) is 0 Å². The van der Waals surface area contributed by atoms with Gasteiger partial charge in [-0.2, -0.15) is 0 Å². The highest BCUT2D eigenvalue weighted by Gasteiger charge is 2.52. The van der Waals surface area contributed by atoms with Gasteiger partial charge in [0.15, 0.2) is 8.07 Å². The minimum Gasteiger partial charge on any atom is -0.0647 e. The summed E-state index contributed by atoms with van der Waals surface area (Å²) in [6.45, 7) is 23.9. The van der Waals surface area contributed by atoms with E-state index in [9.17, 15) is 0 Å². The summed E-state index contributed by atoms with van der Waals surface area (Å²) < 4.78 is 0. The van der Waals surface area contributed by atoms with Gasteiger partial charge < -0.3 is 0 Å². The topological polar surface area (TPSA) is 0 Å². The molecule has 0 bridgehead atoms. The largest absolute Gasteiger partial charge is 0.160 e.